The Kier molecular flexibility index (Phi) is 16.9. The average molecular weight is 754 g/mol. The molecule has 4 aromatic rings. The summed E-state index contributed by atoms with van der Waals surface area (Å²) in [6, 6.07) is 21.2. The first-order valence-electron chi connectivity index (χ1n) is 19.0. The molecule has 0 saturated heterocycles. The third-order valence-corrected chi connectivity index (χ3v) is 9.45. The van der Waals surface area contributed by atoms with Gasteiger partial charge in [0.1, 0.15) is 17.8 Å². The van der Waals surface area contributed by atoms with Gasteiger partial charge in [0.25, 0.3) is 5.91 Å². The second kappa shape index (κ2) is 22.0. The Morgan fingerprint density at radius 2 is 1.53 bits per heavy atom. The number of rotatable bonds is 22. The number of H-pyrrole nitrogens is 1. The lowest BCUT2D eigenvalue weighted by atomic mass is 9.87. The van der Waals surface area contributed by atoms with Crippen molar-refractivity contribution in [2.45, 2.75) is 90.6 Å². The topological polar surface area (TPSA) is 187 Å². The zero-order chi connectivity index (χ0) is 39.6. The molecular formula is C42H55N7O6. The number of benzene rings is 2. The zero-order valence-electron chi connectivity index (χ0n) is 32.1. The highest BCUT2D eigenvalue weighted by atomic mass is 16.5. The predicted molar refractivity (Wildman–Crippen MR) is 209 cm³/mol. The summed E-state index contributed by atoms with van der Waals surface area (Å²) in [5, 5.41) is 23.5. The summed E-state index contributed by atoms with van der Waals surface area (Å²) in [5.74, 6) is -2.03. The third kappa shape index (κ3) is 14.3. The van der Waals surface area contributed by atoms with E-state index in [1.165, 1.54) is 6.33 Å². The standard InChI is InChI=1S/C42H55N7O6/c1-5-29(4)39(42(54)45-25-32-16-12-13-19-44-32)49-40(52)31(21-30-14-8-6-9-15-30)22-37(50)35(20-28(2)3)48-41(53)36(23-33-24-43-27-46-33)47-38(51)26-55-34-17-10-7-11-18-34/h6-19,24,27-29,31,35-37,39,50H,5,20-23,25-26H2,1-4H3,(H,43,46)(H,45,54)(H,47,51)(H,48,53)(H,49,52)/t29-,31+,35-,36-,37-,39-/m0/s1. The van der Waals surface area contributed by atoms with Crippen LogP contribution in [0.5, 0.6) is 5.75 Å². The van der Waals surface area contributed by atoms with Gasteiger partial charge in [-0.2, -0.15) is 0 Å². The van der Waals surface area contributed by atoms with Crippen LogP contribution in [0.2, 0.25) is 0 Å². The first-order chi connectivity index (χ1) is 26.5. The number of pyridine rings is 1. The molecule has 6 N–H and O–H groups in total. The number of ether oxygens (including phenoxy) is 1. The van der Waals surface area contributed by atoms with Crippen molar-refractivity contribution in [2.75, 3.05) is 6.61 Å². The molecule has 0 radical (unpaired) electrons. The monoisotopic (exact) mass is 753 g/mol. The first kappa shape index (κ1) is 42.2. The molecular weight excluding hydrogens is 699 g/mol. The molecule has 0 saturated carbocycles. The number of para-hydroxylation sites is 1. The van der Waals surface area contributed by atoms with Crippen LogP contribution in [-0.2, 0) is 38.6 Å². The maximum Gasteiger partial charge on any atom is 0.258 e. The largest absolute Gasteiger partial charge is 0.484 e. The Hall–Kier alpha value is -5.56. The number of nitrogens with one attached hydrogen (secondary N) is 5. The number of aromatic amines is 1. The van der Waals surface area contributed by atoms with Gasteiger partial charge in [-0.3, -0.25) is 24.2 Å². The van der Waals surface area contributed by atoms with Crippen molar-refractivity contribution in [2.24, 2.45) is 17.8 Å². The lowest BCUT2D eigenvalue weighted by molar-refractivity contribution is -0.133. The van der Waals surface area contributed by atoms with Crippen molar-refractivity contribution in [1.82, 2.24) is 36.2 Å². The smallest absolute Gasteiger partial charge is 0.258 e. The molecule has 55 heavy (non-hydrogen) atoms. The first-order valence-corrected chi connectivity index (χ1v) is 19.0. The van der Waals surface area contributed by atoms with E-state index in [0.717, 1.165) is 5.56 Å². The van der Waals surface area contributed by atoms with Crippen molar-refractivity contribution >= 4 is 23.6 Å². The van der Waals surface area contributed by atoms with Crippen LogP contribution in [0, 0.1) is 17.8 Å². The van der Waals surface area contributed by atoms with E-state index < -0.39 is 42.0 Å². The van der Waals surface area contributed by atoms with Gasteiger partial charge in [0.05, 0.1) is 30.7 Å². The molecule has 0 aliphatic rings. The van der Waals surface area contributed by atoms with Crippen LogP contribution >= 0.6 is 0 Å². The number of imidazole rings is 1. The van der Waals surface area contributed by atoms with Gasteiger partial charge in [0, 0.05) is 30.4 Å². The van der Waals surface area contributed by atoms with Crippen molar-refractivity contribution in [1.29, 1.82) is 0 Å². The molecule has 2 aromatic heterocycles. The Bertz CT molecular complexity index is 1740. The molecule has 13 heteroatoms. The minimum atomic E-state index is -1.14. The molecule has 0 aliphatic carbocycles. The van der Waals surface area contributed by atoms with Crippen molar-refractivity contribution in [3.63, 3.8) is 0 Å². The molecule has 2 heterocycles. The summed E-state index contributed by atoms with van der Waals surface area (Å²) in [6.45, 7) is 7.73. The van der Waals surface area contributed by atoms with Gasteiger partial charge in [0.2, 0.25) is 17.7 Å². The van der Waals surface area contributed by atoms with Crippen LogP contribution in [0.15, 0.2) is 97.6 Å². The zero-order valence-corrected chi connectivity index (χ0v) is 32.1. The maximum atomic E-state index is 14.2. The fourth-order valence-corrected chi connectivity index (χ4v) is 6.23. The molecule has 4 amide bonds. The van der Waals surface area contributed by atoms with Crippen LogP contribution < -0.4 is 26.0 Å². The van der Waals surface area contributed by atoms with Gasteiger partial charge in [-0.25, -0.2) is 4.98 Å². The molecule has 294 valence electrons. The number of amides is 4. The number of hydrogen-bond acceptors (Lipinski definition) is 8. The van der Waals surface area contributed by atoms with Crippen molar-refractivity contribution in [3.05, 3.63) is 115 Å². The van der Waals surface area contributed by atoms with E-state index in [0.29, 0.717) is 36.4 Å². The third-order valence-electron chi connectivity index (χ3n) is 9.45. The molecule has 4 rings (SSSR count). The van der Waals surface area contributed by atoms with Gasteiger partial charge in [-0.1, -0.05) is 88.7 Å². The van der Waals surface area contributed by atoms with Crippen LogP contribution in [0.4, 0.5) is 0 Å². The Labute approximate surface area is 323 Å². The number of hydrogen-bond donors (Lipinski definition) is 6. The molecule has 0 bridgehead atoms. The van der Waals surface area contributed by atoms with Crippen LogP contribution in [0.25, 0.3) is 0 Å². The molecule has 13 nitrogen and oxygen atoms in total. The number of carbonyl (C=O) groups is 4. The van der Waals surface area contributed by atoms with E-state index in [1.807, 2.05) is 76.2 Å². The number of aliphatic hydroxyl groups is 1. The van der Waals surface area contributed by atoms with E-state index in [4.69, 9.17) is 4.74 Å². The highest BCUT2D eigenvalue weighted by Crippen LogP contribution is 2.21. The van der Waals surface area contributed by atoms with E-state index in [-0.39, 0.29) is 49.6 Å². The lowest BCUT2D eigenvalue weighted by Gasteiger charge is -2.31. The Morgan fingerprint density at radius 3 is 2.16 bits per heavy atom. The summed E-state index contributed by atoms with van der Waals surface area (Å²) < 4.78 is 5.60. The molecule has 0 fully saturated rings. The van der Waals surface area contributed by atoms with Gasteiger partial charge in [0.15, 0.2) is 6.61 Å². The highest BCUT2D eigenvalue weighted by molar-refractivity contribution is 5.89. The molecule has 6 atom stereocenters. The van der Waals surface area contributed by atoms with Crippen LogP contribution in [0.3, 0.4) is 0 Å². The minimum Gasteiger partial charge on any atom is -0.484 e. The van der Waals surface area contributed by atoms with E-state index >= 15 is 0 Å². The normalized spacial score (nSPS) is 14.4. The Balaban J connectivity index is 1.50. The number of aromatic nitrogens is 3. The number of carbonyl (C=O) groups excluding carboxylic acids is 4. The van der Waals surface area contributed by atoms with Crippen molar-refractivity contribution < 1.29 is 29.0 Å². The molecule has 0 aliphatic heterocycles. The summed E-state index contributed by atoms with van der Waals surface area (Å²) in [4.78, 5) is 65.9. The SMILES string of the molecule is CC[C@H](C)[C@H](NC(=O)[C@H](Cc1ccccc1)C[C@H](O)[C@H](CC(C)C)NC(=O)[C@H](Cc1cnc[nH]1)NC(=O)COc1ccccc1)C(=O)NCc1ccccn1. The quantitative estimate of drug-likeness (QED) is 0.0698. The molecule has 0 spiro atoms. The van der Waals surface area contributed by atoms with Crippen LogP contribution in [0.1, 0.15) is 63.9 Å². The van der Waals surface area contributed by atoms with Crippen molar-refractivity contribution in [3.8, 4) is 5.75 Å². The van der Waals surface area contributed by atoms with Gasteiger partial charge in [-0.15, -0.1) is 0 Å². The minimum absolute atomic E-state index is 0.00364. The average Bonchev–Trinajstić information content (AvgIpc) is 3.71. The predicted octanol–water partition coefficient (Wildman–Crippen LogP) is 3.90. The fraction of sp³-hybridized carbons (Fsp3) is 0.429. The maximum absolute atomic E-state index is 14.2. The Morgan fingerprint density at radius 1 is 0.818 bits per heavy atom. The van der Waals surface area contributed by atoms with E-state index in [2.05, 4.69) is 36.2 Å². The van der Waals surface area contributed by atoms with E-state index in [1.54, 1.807) is 42.7 Å². The van der Waals surface area contributed by atoms with Gasteiger partial charge >= 0.3 is 0 Å². The second-order valence-electron chi connectivity index (χ2n) is 14.3. The van der Waals surface area contributed by atoms with Gasteiger partial charge < -0.3 is 36.1 Å². The summed E-state index contributed by atoms with van der Waals surface area (Å²) >= 11 is 0. The van der Waals surface area contributed by atoms with Gasteiger partial charge in [-0.05, 0) is 60.9 Å². The number of nitrogens with zero attached hydrogens (tertiary/aromatic N) is 2. The molecule has 0 unspecified atom stereocenters. The fourth-order valence-electron chi connectivity index (χ4n) is 6.23. The lowest BCUT2D eigenvalue weighted by Crippen LogP contribution is -2.55. The summed E-state index contributed by atoms with van der Waals surface area (Å²) in [5.41, 5.74) is 2.21. The summed E-state index contributed by atoms with van der Waals surface area (Å²) in [7, 11) is 0. The van der Waals surface area contributed by atoms with Crippen LogP contribution in [-0.4, -0.2) is 74.5 Å². The van der Waals surface area contributed by atoms with E-state index in [9.17, 15) is 24.3 Å². The summed E-state index contributed by atoms with van der Waals surface area (Å²) in [6.07, 6.45) is 5.04. The second-order valence-corrected chi connectivity index (χ2v) is 14.3. The number of aliphatic hydroxyl groups excluding tert-OH is 1. The molecule has 2 aromatic carbocycles. The highest BCUT2D eigenvalue weighted by Gasteiger charge is 2.34.